The Balaban J connectivity index is 1.49. The molecule has 2 aromatic carbocycles. The Morgan fingerprint density at radius 1 is 0.875 bits per heavy atom. The number of nitrogens with zero attached hydrogens (tertiary/aromatic N) is 1. The number of aryl methyl sites for hydroxylation is 1. The lowest BCUT2D eigenvalue weighted by Gasteiger charge is -2.11. The summed E-state index contributed by atoms with van der Waals surface area (Å²) in [6.07, 6.45) is 4.44. The van der Waals surface area contributed by atoms with E-state index >= 15 is 0 Å². The minimum atomic E-state index is -0.479. The second kappa shape index (κ2) is 8.27. The van der Waals surface area contributed by atoms with E-state index < -0.39 is 6.10 Å². The molecule has 0 saturated heterocycles. The molecule has 3 nitrogen and oxygen atoms in total. The topological polar surface area (TPSA) is 42.4 Å². The van der Waals surface area contributed by atoms with Gasteiger partial charge in [-0.25, -0.2) is 0 Å². The minimum Gasteiger partial charge on any atom is -0.489 e. The maximum Gasteiger partial charge on any atom is 0.119 e. The predicted octanol–water partition coefficient (Wildman–Crippen LogP) is 4.33. The Bertz CT molecular complexity index is 727. The maximum atomic E-state index is 10.2. The third-order valence-corrected chi connectivity index (χ3v) is 3.95. The molecule has 3 heteroatoms. The van der Waals surface area contributed by atoms with Gasteiger partial charge in [0.25, 0.3) is 0 Å². The quantitative estimate of drug-likeness (QED) is 0.705. The van der Waals surface area contributed by atoms with Crippen molar-refractivity contribution >= 4 is 0 Å². The Hall–Kier alpha value is -2.65. The minimum absolute atomic E-state index is 0.479. The summed E-state index contributed by atoms with van der Waals surface area (Å²) >= 11 is 0. The van der Waals surface area contributed by atoms with Crippen LogP contribution in [-0.4, -0.2) is 10.1 Å². The third kappa shape index (κ3) is 4.67. The first-order chi connectivity index (χ1) is 11.8. The van der Waals surface area contributed by atoms with Crippen molar-refractivity contribution in [3.05, 3.63) is 95.8 Å². The van der Waals surface area contributed by atoms with E-state index in [2.05, 4.69) is 17.1 Å². The largest absolute Gasteiger partial charge is 0.489 e. The number of hydrogen-bond donors (Lipinski definition) is 1. The summed E-state index contributed by atoms with van der Waals surface area (Å²) in [5.41, 5.74) is 3.20. The van der Waals surface area contributed by atoms with Gasteiger partial charge in [0.2, 0.25) is 0 Å². The molecule has 3 aromatic rings. The van der Waals surface area contributed by atoms with E-state index in [0.29, 0.717) is 13.0 Å². The predicted molar refractivity (Wildman–Crippen MR) is 94.7 cm³/mol. The molecule has 0 saturated carbocycles. The van der Waals surface area contributed by atoms with E-state index in [9.17, 15) is 5.11 Å². The Morgan fingerprint density at radius 2 is 1.67 bits per heavy atom. The zero-order chi connectivity index (χ0) is 16.6. The van der Waals surface area contributed by atoms with Gasteiger partial charge in [-0.05, 0) is 47.7 Å². The molecule has 122 valence electrons. The highest BCUT2D eigenvalue weighted by Gasteiger charge is 2.07. The normalized spacial score (nSPS) is 11.9. The summed E-state index contributed by atoms with van der Waals surface area (Å²) in [5.74, 6) is 0.857. The number of rotatable bonds is 7. The van der Waals surface area contributed by atoms with E-state index in [1.165, 1.54) is 5.56 Å². The summed E-state index contributed by atoms with van der Waals surface area (Å²) in [4.78, 5) is 4.04. The highest BCUT2D eigenvalue weighted by Crippen LogP contribution is 2.20. The zero-order valence-electron chi connectivity index (χ0n) is 13.5. The van der Waals surface area contributed by atoms with Crippen LogP contribution in [0, 0.1) is 0 Å². The van der Waals surface area contributed by atoms with E-state index in [-0.39, 0.29) is 0 Å². The lowest BCUT2D eigenvalue weighted by Crippen LogP contribution is -2.00. The van der Waals surface area contributed by atoms with Crippen LogP contribution in [-0.2, 0) is 13.0 Å². The molecule has 1 atom stereocenters. The van der Waals surface area contributed by atoms with Crippen molar-refractivity contribution in [2.75, 3.05) is 0 Å². The van der Waals surface area contributed by atoms with Crippen molar-refractivity contribution in [1.82, 2.24) is 4.98 Å². The number of hydrogen-bond acceptors (Lipinski definition) is 3. The van der Waals surface area contributed by atoms with Crippen molar-refractivity contribution in [1.29, 1.82) is 0 Å². The van der Waals surface area contributed by atoms with Gasteiger partial charge in [0, 0.05) is 12.4 Å². The second-order valence-corrected chi connectivity index (χ2v) is 5.76. The van der Waals surface area contributed by atoms with Crippen LogP contribution in [0.5, 0.6) is 5.75 Å². The van der Waals surface area contributed by atoms with Crippen LogP contribution < -0.4 is 4.74 Å². The van der Waals surface area contributed by atoms with Crippen molar-refractivity contribution in [3.63, 3.8) is 0 Å². The maximum absolute atomic E-state index is 10.2. The third-order valence-electron chi connectivity index (χ3n) is 3.95. The fourth-order valence-electron chi connectivity index (χ4n) is 2.54. The van der Waals surface area contributed by atoms with Crippen molar-refractivity contribution in [2.45, 2.75) is 25.6 Å². The Labute approximate surface area is 142 Å². The van der Waals surface area contributed by atoms with Crippen LogP contribution in [0.4, 0.5) is 0 Å². The highest BCUT2D eigenvalue weighted by molar-refractivity contribution is 5.28. The number of benzene rings is 2. The van der Waals surface area contributed by atoms with Crippen molar-refractivity contribution in [2.24, 2.45) is 0 Å². The van der Waals surface area contributed by atoms with E-state index in [4.69, 9.17) is 4.74 Å². The van der Waals surface area contributed by atoms with Gasteiger partial charge in [-0.15, -0.1) is 0 Å². The monoisotopic (exact) mass is 319 g/mol. The lowest BCUT2D eigenvalue weighted by atomic mass is 10.0. The van der Waals surface area contributed by atoms with Gasteiger partial charge in [-0.3, -0.25) is 4.98 Å². The molecule has 0 bridgehead atoms. The molecule has 0 aliphatic carbocycles. The second-order valence-electron chi connectivity index (χ2n) is 5.76. The van der Waals surface area contributed by atoms with E-state index in [1.807, 2.05) is 54.6 Å². The van der Waals surface area contributed by atoms with Gasteiger partial charge >= 0.3 is 0 Å². The van der Waals surface area contributed by atoms with Gasteiger partial charge in [-0.1, -0.05) is 48.5 Å². The van der Waals surface area contributed by atoms with Gasteiger partial charge in [0.1, 0.15) is 12.4 Å². The molecule has 0 spiro atoms. The molecule has 1 unspecified atom stereocenters. The van der Waals surface area contributed by atoms with Gasteiger partial charge in [0.05, 0.1) is 6.10 Å². The molecular weight excluding hydrogens is 298 g/mol. The van der Waals surface area contributed by atoms with Gasteiger partial charge in [-0.2, -0.15) is 0 Å². The summed E-state index contributed by atoms with van der Waals surface area (Å²) in [7, 11) is 0. The summed E-state index contributed by atoms with van der Waals surface area (Å²) in [5, 5.41) is 10.2. The van der Waals surface area contributed by atoms with Crippen molar-refractivity contribution < 1.29 is 9.84 Å². The van der Waals surface area contributed by atoms with Crippen LogP contribution in [0.3, 0.4) is 0 Å². The smallest absolute Gasteiger partial charge is 0.119 e. The van der Waals surface area contributed by atoms with Gasteiger partial charge < -0.3 is 9.84 Å². The Kier molecular flexibility index (Phi) is 5.59. The standard InChI is InChI=1S/C21H21NO2/c23-21(19-7-4-14-22-15-19)13-10-17-8-11-20(12-9-17)24-16-18-5-2-1-3-6-18/h1-9,11-12,14-15,21,23H,10,13,16H2. The van der Waals surface area contributed by atoms with Gasteiger partial charge in [0.15, 0.2) is 0 Å². The molecule has 0 radical (unpaired) electrons. The number of pyridine rings is 1. The fraction of sp³-hybridized carbons (Fsp3) is 0.190. The van der Waals surface area contributed by atoms with E-state index in [1.54, 1.807) is 12.4 Å². The highest BCUT2D eigenvalue weighted by atomic mass is 16.5. The first-order valence-electron chi connectivity index (χ1n) is 8.15. The SMILES string of the molecule is OC(CCc1ccc(OCc2ccccc2)cc1)c1cccnc1. The molecule has 1 heterocycles. The average Bonchev–Trinajstić information content (AvgIpc) is 2.67. The van der Waals surface area contributed by atoms with Crippen molar-refractivity contribution in [3.8, 4) is 5.75 Å². The number of aromatic nitrogens is 1. The molecule has 24 heavy (non-hydrogen) atoms. The summed E-state index contributed by atoms with van der Waals surface area (Å²) in [6, 6.07) is 21.9. The summed E-state index contributed by atoms with van der Waals surface area (Å²) < 4.78 is 5.78. The lowest BCUT2D eigenvalue weighted by molar-refractivity contribution is 0.167. The van der Waals surface area contributed by atoms with E-state index in [0.717, 1.165) is 23.3 Å². The number of aliphatic hydroxyl groups excluding tert-OH is 1. The van der Waals surface area contributed by atoms with Crippen LogP contribution in [0.15, 0.2) is 79.1 Å². The molecule has 0 aliphatic rings. The average molecular weight is 319 g/mol. The fourth-order valence-corrected chi connectivity index (χ4v) is 2.54. The molecule has 0 fully saturated rings. The first kappa shape index (κ1) is 16.2. The van der Waals surface area contributed by atoms with Crippen LogP contribution in [0.25, 0.3) is 0 Å². The summed E-state index contributed by atoms with van der Waals surface area (Å²) in [6.45, 7) is 0.569. The molecule has 0 amide bonds. The van der Waals surface area contributed by atoms with Crippen LogP contribution in [0.2, 0.25) is 0 Å². The molecule has 1 aromatic heterocycles. The first-order valence-corrected chi connectivity index (χ1v) is 8.15. The van der Waals surface area contributed by atoms with Crippen LogP contribution in [0.1, 0.15) is 29.2 Å². The number of ether oxygens (including phenoxy) is 1. The molecular formula is C21H21NO2. The molecule has 3 rings (SSSR count). The zero-order valence-corrected chi connectivity index (χ0v) is 13.5. The van der Waals surface area contributed by atoms with Crippen LogP contribution >= 0.6 is 0 Å². The molecule has 0 aliphatic heterocycles. The molecule has 1 N–H and O–H groups in total. The Morgan fingerprint density at radius 3 is 2.38 bits per heavy atom. The number of aliphatic hydroxyl groups is 1.